The van der Waals surface area contributed by atoms with E-state index in [1.807, 2.05) is 0 Å². The lowest BCUT2D eigenvalue weighted by atomic mass is 10.4. The predicted octanol–water partition coefficient (Wildman–Crippen LogP) is 1.82. The number of nitrogens with zero attached hydrogens (tertiary/aromatic N) is 1. The Bertz CT molecular complexity index is 138. The van der Waals surface area contributed by atoms with Gasteiger partial charge in [0.05, 0.1) is 6.07 Å². The summed E-state index contributed by atoms with van der Waals surface area (Å²) in [5.41, 5.74) is 0. The van der Waals surface area contributed by atoms with E-state index in [9.17, 15) is 0 Å². The summed E-state index contributed by atoms with van der Waals surface area (Å²) in [4.78, 5) is 0. The van der Waals surface area contributed by atoms with Gasteiger partial charge < -0.3 is 4.43 Å². The smallest absolute Gasteiger partial charge is 0.176 e. The van der Waals surface area contributed by atoms with Gasteiger partial charge in [0, 0.05) is 13.0 Å². The van der Waals surface area contributed by atoms with Gasteiger partial charge in [0.2, 0.25) is 0 Å². The van der Waals surface area contributed by atoms with Gasteiger partial charge in [-0.1, -0.05) is 6.42 Å². The molecule has 1 aliphatic rings. The maximum Gasteiger partial charge on any atom is 0.176 e. The van der Waals surface area contributed by atoms with Crippen molar-refractivity contribution in [2.45, 2.75) is 37.8 Å². The lowest BCUT2D eigenvalue weighted by molar-refractivity contribution is 0.286. The minimum absolute atomic E-state index is 0.715. The monoisotopic (exact) mass is 169 g/mol. The van der Waals surface area contributed by atoms with Crippen molar-refractivity contribution in [2.24, 2.45) is 0 Å². The molecule has 0 N–H and O–H groups in total. The van der Waals surface area contributed by atoms with Crippen molar-refractivity contribution in [3.8, 4) is 6.07 Å². The van der Waals surface area contributed by atoms with Crippen LogP contribution in [0.3, 0.4) is 0 Å². The van der Waals surface area contributed by atoms with Crippen LogP contribution in [-0.4, -0.2) is 15.6 Å². The summed E-state index contributed by atoms with van der Waals surface area (Å²) >= 11 is 0. The third-order valence-electron chi connectivity index (χ3n) is 2.09. The Balaban J connectivity index is 2.01. The van der Waals surface area contributed by atoms with E-state index in [-0.39, 0.29) is 0 Å². The number of hydrogen-bond acceptors (Lipinski definition) is 2. The summed E-state index contributed by atoms with van der Waals surface area (Å²) in [7, 11) is -0.809. The number of rotatable bonds is 3. The van der Waals surface area contributed by atoms with Crippen LogP contribution in [0.5, 0.6) is 0 Å². The molecule has 1 aliphatic heterocycles. The quantitative estimate of drug-likeness (QED) is 0.477. The van der Waals surface area contributed by atoms with Crippen LogP contribution in [0.4, 0.5) is 0 Å². The summed E-state index contributed by atoms with van der Waals surface area (Å²) in [6.45, 7) is 0.990. The largest absolute Gasteiger partial charge is 0.420 e. The predicted molar refractivity (Wildman–Crippen MR) is 46.8 cm³/mol. The first-order valence-corrected chi connectivity index (χ1v) is 6.52. The highest BCUT2D eigenvalue weighted by molar-refractivity contribution is 6.51. The molecule has 1 heterocycles. The lowest BCUT2D eigenvalue weighted by Gasteiger charge is -2.20. The molecule has 2 nitrogen and oxygen atoms in total. The average Bonchev–Trinajstić information content (AvgIpc) is 2.07. The highest BCUT2D eigenvalue weighted by Crippen LogP contribution is 2.15. The highest BCUT2D eigenvalue weighted by Gasteiger charge is 2.14. The fraction of sp³-hybridized carbons (Fsp3) is 0.875. The molecule has 3 heteroatoms. The van der Waals surface area contributed by atoms with E-state index in [0.29, 0.717) is 6.42 Å². The van der Waals surface area contributed by atoms with Crippen molar-refractivity contribution in [1.82, 2.24) is 0 Å². The van der Waals surface area contributed by atoms with Crippen molar-refractivity contribution in [3.05, 3.63) is 0 Å². The van der Waals surface area contributed by atoms with Crippen LogP contribution in [-0.2, 0) is 4.43 Å². The van der Waals surface area contributed by atoms with E-state index in [1.54, 1.807) is 0 Å². The summed E-state index contributed by atoms with van der Waals surface area (Å²) < 4.78 is 5.65. The first kappa shape index (κ1) is 8.76. The Kier molecular flexibility index (Phi) is 4.25. The summed E-state index contributed by atoms with van der Waals surface area (Å²) in [5.74, 6) is 0. The summed E-state index contributed by atoms with van der Waals surface area (Å²) in [6.07, 6.45) is 4.39. The fourth-order valence-corrected chi connectivity index (χ4v) is 3.97. The van der Waals surface area contributed by atoms with Crippen molar-refractivity contribution in [3.63, 3.8) is 0 Å². The van der Waals surface area contributed by atoms with Crippen LogP contribution < -0.4 is 0 Å². The van der Waals surface area contributed by atoms with Gasteiger partial charge in [0.25, 0.3) is 0 Å². The Morgan fingerprint density at radius 1 is 1.45 bits per heavy atom. The summed E-state index contributed by atoms with van der Waals surface area (Å²) in [6, 6.07) is 4.73. The van der Waals surface area contributed by atoms with Crippen LogP contribution in [0, 0.1) is 11.3 Å². The second kappa shape index (κ2) is 5.33. The molecule has 0 aromatic carbocycles. The first-order valence-electron chi connectivity index (χ1n) is 4.42. The minimum Gasteiger partial charge on any atom is -0.420 e. The molecule has 0 bridgehead atoms. The molecular weight excluding hydrogens is 154 g/mol. The topological polar surface area (TPSA) is 33.0 Å². The van der Waals surface area contributed by atoms with E-state index in [1.165, 1.54) is 24.9 Å². The van der Waals surface area contributed by atoms with E-state index >= 15 is 0 Å². The van der Waals surface area contributed by atoms with E-state index in [0.717, 1.165) is 13.0 Å². The molecule has 1 rings (SSSR count). The molecular formula is C8H15NOSi. The zero-order chi connectivity index (χ0) is 7.94. The molecule has 62 valence electrons. The van der Waals surface area contributed by atoms with Crippen molar-refractivity contribution in [1.29, 1.82) is 5.26 Å². The van der Waals surface area contributed by atoms with Crippen molar-refractivity contribution < 1.29 is 4.43 Å². The van der Waals surface area contributed by atoms with Gasteiger partial charge in [-0.3, -0.25) is 0 Å². The first-order chi connectivity index (χ1) is 5.43. The van der Waals surface area contributed by atoms with Crippen LogP contribution >= 0.6 is 0 Å². The number of nitriles is 1. The van der Waals surface area contributed by atoms with Gasteiger partial charge in [0.1, 0.15) is 0 Å². The Hall–Kier alpha value is -0.333. The Morgan fingerprint density at radius 2 is 2.36 bits per heavy atom. The average molecular weight is 169 g/mol. The lowest BCUT2D eigenvalue weighted by Crippen LogP contribution is -2.22. The summed E-state index contributed by atoms with van der Waals surface area (Å²) in [5, 5.41) is 8.32. The molecule has 0 aliphatic carbocycles. The van der Waals surface area contributed by atoms with E-state index in [2.05, 4.69) is 6.07 Å². The van der Waals surface area contributed by atoms with Gasteiger partial charge >= 0.3 is 0 Å². The molecule has 1 unspecified atom stereocenters. The third-order valence-corrected chi connectivity index (χ3v) is 4.90. The molecule has 0 saturated carbocycles. The van der Waals surface area contributed by atoms with Crippen molar-refractivity contribution in [2.75, 3.05) is 6.61 Å². The molecule has 0 amide bonds. The van der Waals surface area contributed by atoms with Gasteiger partial charge in [-0.05, 0) is 24.9 Å². The van der Waals surface area contributed by atoms with Crippen molar-refractivity contribution >= 4 is 9.04 Å². The van der Waals surface area contributed by atoms with Gasteiger partial charge in [-0.2, -0.15) is 5.26 Å². The van der Waals surface area contributed by atoms with Crippen LogP contribution in [0.2, 0.25) is 12.1 Å². The third kappa shape index (κ3) is 3.54. The Labute approximate surface area is 69.9 Å². The maximum atomic E-state index is 8.32. The van der Waals surface area contributed by atoms with E-state index in [4.69, 9.17) is 9.69 Å². The SMILES string of the molecule is N#CCCC[SiH]1CCCCO1. The van der Waals surface area contributed by atoms with Gasteiger partial charge in [-0.15, -0.1) is 0 Å². The van der Waals surface area contributed by atoms with Gasteiger partial charge in [-0.25, -0.2) is 0 Å². The molecule has 0 spiro atoms. The normalized spacial score (nSPS) is 24.5. The molecule has 0 aromatic rings. The van der Waals surface area contributed by atoms with Crippen LogP contribution in [0.15, 0.2) is 0 Å². The molecule has 1 fully saturated rings. The minimum atomic E-state index is -0.809. The van der Waals surface area contributed by atoms with Gasteiger partial charge in [0.15, 0.2) is 9.04 Å². The standard InChI is InChI=1S/C8H15NOSi/c9-5-1-3-7-11-8-4-2-6-10-11/h11H,1-4,6-8H2. The molecule has 1 atom stereocenters. The maximum absolute atomic E-state index is 8.32. The zero-order valence-corrected chi connectivity index (χ0v) is 8.04. The highest BCUT2D eigenvalue weighted by atomic mass is 28.3. The second-order valence-electron chi connectivity index (χ2n) is 3.04. The van der Waals surface area contributed by atoms with E-state index < -0.39 is 9.04 Å². The molecule has 0 aromatic heterocycles. The number of unbranched alkanes of at least 4 members (excludes halogenated alkanes) is 1. The van der Waals surface area contributed by atoms with Crippen LogP contribution in [0.1, 0.15) is 25.7 Å². The molecule has 11 heavy (non-hydrogen) atoms. The second-order valence-corrected chi connectivity index (χ2v) is 5.77. The number of hydrogen-bond donors (Lipinski definition) is 0. The molecule has 1 saturated heterocycles. The Morgan fingerprint density at radius 3 is 3.00 bits per heavy atom. The van der Waals surface area contributed by atoms with Crippen LogP contribution in [0.25, 0.3) is 0 Å². The fourth-order valence-electron chi connectivity index (χ4n) is 1.44. The molecule has 0 radical (unpaired) electrons. The zero-order valence-electron chi connectivity index (χ0n) is 6.88.